The molecular weight excluding hydrogens is 430 g/mol. The second-order valence-corrected chi connectivity index (χ2v) is 7.53. The number of nitrogens with two attached hydrogens (primary N) is 1. The minimum absolute atomic E-state index is 0.0468. The molecule has 0 aliphatic carbocycles. The summed E-state index contributed by atoms with van der Waals surface area (Å²) in [4.78, 5) is -0.519. The summed E-state index contributed by atoms with van der Waals surface area (Å²) < 4.78 is 41.9. The maximum Gasteiger partial charge on any atom is 0.264 e. The lowest BCUT2D eigenvalue weighted by Crippen LogP contribution is -2.16. The third-order valence-corrected chi connectivity index (χ3v) is 4.94. The van der Waals surface area contributed by atoms with Gasteiger partial charge in [0.25, 0.3) is 10.0 Å². The molecule has 0 aliphatic rings. The largest absolute Gasteiger partial charge is 0.326 e. The standard InChI is InChI=1S/C13H11ClFIN2O2S/c14-9-4-8(7-17)13(15)12(5-9)21(19,20)18-11-3-1-2-10(16)6-11/h1-6,18H,7,17H2. The van der Waals surface area contributed by atoms with Crippen LogP contribution in [0.5, 0.6) is 0 Å². The van der Waals surface area contributed by atoms with Gasteiger partial charge in [-0.2, -0.15) is 0 Å². The Balaban J connectivity index is 2.47. The van der Waals surface area contributed by atoms with Crippen LogP contribution in [0.1, 0.15) is 5.56 Å². The van der Waals surface area contributed by atoms with E-state index in [1.54, 1.807) is 18.2 Å². The highest BCUT2D eigenvalue weighted by Crippen LogP contribution is 2.25. The highest BCUT2D eigenvalue weighted by atomic mass is 127. The monoisotopic (exact) mass is 440 g/mol. The van der Waals surface area contributed by atoms with E-state index in [1.807, 2.05) is 28.7 Å². The predicted octanol–water partition coefficient (Wildman–Crippen LogP) is 3.34. The summed E-state index contributed by atoms with van der Waals surface area (Å²) in [6, 6.07) is 9.08. The summed E-state index contributed by atoms with van der Waals surface area (Å²) in [5.41, 5.74) is 5.78. The van der Waals surface area contributed by atoms with Crippen LogP contribution in [0.15, 0.2) is 41.3 Å². The molecule has 0 fully saturated rings. The summed E-state index contributed by atoms with van der Waals surface area (Å²) in [6.07, 6.45) is 0. The number of benzene rings is 2. The van der Waals surface area contributed by atoms with Crippen molar-refractivity contribution in [1.82, 2.24) is 0 Å². The van der Waals surface area contributed by atoms with Gasteiger partial charge >= 0.3 is 0 Å². The van der Waals surface area contributed by atoms with Crippen LogP contribution >= 0.6 is 34.2 Å². The van der Waals surface area contributed by atoms with Crippen LogP contribution in [0, 0.1) is 9.39 Å². The summed E-state index contributed by atoms with van der Waals surface area (Å²) in [7, 11) is -4.08. The zero-order valence-electron chi connectivity index (χ0n) is 10.6. The van der Waals surface area contributed by atoms with E-state index in [-0.39, 0.29) is 17.1 Å². The molecule has 0 spiro atoms. The highest BCUT2D eigenvalue weighted by molar-refractivity contribution is 14.1. The number of hydrogen-bond donors (Lipinski definition) is 2. The minimum Gasteiger partial charge on any atom is -0.326 e. The van der Waals surface area contributed by atoms with Crippen molar-refractivity contribution in [2.75, 3.05) is 4.72 Å². The summed E-state index contributed by atoms with van der Waals surface area (Å²) in [5.74, 6) is -0.889. The molecule has 0 radical (unpaired) electrons. The predicted molar refractivity (Wildman–Crippen MR) is 89.3 cm³/mol. The van der Waals surface area contributed by atoms with Crippen molar-refractivity contribution in [3.05, 3.63) is 56.4 Å². The maximum absolute atomic E-state index is 14.2. The van der Waals surface area contributed by atoms with Gasteiger partial charge < -0.3 is 5.73 Å². The first-order chi connectivity index (χ1) is 9.83. The van der Waals surface area contributed by atoms with E-state index in [2.05, 4.69) is 4.72 Å². The molecule has 8 heteroatoms. The Labute approximate surface area is 140 Å². The van der Waals surface area contributed by atoms with Crippen molar-refractivity contribution < 1.29 is 12.8 Å². The lowest BCUT2D eigenvalue weighted by molar-refractivity contribution is 0.561. The summed E-state index contributed by atoms with van der Waals surface area (Å²) in [6.45, 7) is -0.141. The van der Waals surface area contributed by atoms with Gasteiger partial charge in [0.1, 0.15) is 10.7 Å². The second-order valence-electron chi connectivity index (χ2n) is 4.20. The van der Waals surface area contributed by atoms with Gasteiger partial charge in [-0.1, -0.05) is 17.7 Å². The zero-order chi connectivity index (χ0) is 15.6. The number of halogens is 3. The van der Waals surface area contributed by atoms with Crippen LogP contribution in [0.25, 0.3) is 0 Å². The number of rotatable bonds is 4. The van der Waals surface area contributed by atoms with Gasteiger partial charge in [-0.25, -0.2) is 12.8 Å². The SMILES string of the molecule is NCc1cc(Cl)cc(S(=O)(=O)Nc2cccc(I)c2)c1F. The molecule has 112 valence electrons. The summed E-state index contributed by atoms with van der Waals surface area (Å²) >= 11 is 7.87. The van der Waals surface area contributed by atoms with Crippen molar-refractivity contribution in [3.8, 4) is 0 Å². The van der Waals surface area contributed by atoms with Crippen LogP contribution < -0.4 is 10.5 Å². The van der Waals surface area contributed by atoms with E-state index in [0.717, 1.165) is 9.64 Å². The van der Waals surface area contributed by atoms with E-state index in [1.165, 1.54) is 6.07 Å². The molecule has 3 N–H and O–H groups in total. The third-order valence-electron chi connectivity index (χ3n) is 2.67. The molecule has 0 aromatic heterocycles. The summed E-state index contributed by atoms with van der Waals surface area (Å²) in [5, 5.41) is 0.111. The van der Waals surface area contributed by atoms with Crippen molar-refractivity contribution in [2.45, 2.75) is 11.4 Å². The number of sulfonamides is 1. The topological polar surface area (TPSA) is 72.2 Å². The first-order valence-corrected chi connectivity index (χ1v) is 8.74. The molecule has 0 aliphatic heterocycles. The molecule has 0 saturated carbocycles. The van der Waals surface area contributed by atoms with Crippen molar-refractivity contribution >= 4 is 49.9 Å². The Hall–Kier alpha value is -0.900. The van der Waals surface area contributed by atoms with Crippen LogP contribution in [0.2, 0.25) is 5.02 Å². The molecule has 4 nitrogen and oxygen atoms in total. The number of hydrogen-bond acceptors (Lipinski definition) is 3. The number of nitrogens with one attached hydrogen (secondary N) is 1. The second kappa shape index (κ2) is 6.47. The maximum atomic E-state index is 14.2. The molecule has 0 heterocycles. The molecular formula is C13H11ClFIN2O2S. The number of anilines is 1. The van der Waals surface area contributed by atoms with Crippen LogP contribution in [0.4, 0.5) is 10.1 Å². The lowest BCUT2D eigenvalue weighted by atomic mass is 10.2. The Morgan fingerprint density at radius 3 is 2.62 bits per heavy atom. The quantitative estimate of drug-likeness (QED) is 0.716. The average Bonchev–Trinajstić information content (AvgIpc) is 2.40. The molecule has 0 atom stereocenters. The fourth-order valence-electron chi connectivity index (χ4n) is 1.72. The Kier molecular flexibility index (Phi) is 5.07. The van der Waals surface area contributed by atoms with Gasteiger partial charge in [0.2, 0.25) is 0 Å². The average molecular weight is 441 g/mol. The zero-order valence-corrected chi connectivity index (χ0v) is 14.3. The fourth-order valence-corrected chi connectivity index (χ4v) is 3.77. The Bertz CT molecular complexity index is 784. The lowest BCUT2D eigenvalue weighted by Gasteiger charge is -2.11. The van der Waals surface area contributed by atoms with Crippen molar-refractivity contribution in [1.29, 1.82) is 0 Å². The van der Waals surface area contributed by atoms with Gasteiger partial charge in [-0.15, -0.1) is 0 Å². The normalized spacial score (nSPS) is 11.4. The van der Waals surface area contributed by atoms with Crippen LogP contribution in [-0.2, 0) is 16.6 Å². The Morgan fingerprint density at radius 2 is 2.00 bits per heavy atom. The van der Waals surface area contributed by atoms with Crippen molar-refractivity contribution in [3.63, 3.8) is 0 Å². The molecule has 2 aromatic rings. The molecule has 0 bridgehead atoms. The minimum atomic E-state index is -4.08. The van der Waals surface area contributed by atoms with E-state index < -0.39 is 20.7 Å². The van der Waals surface area contributed by atoms with Crippen molar-refractivity contribution in [2.24, 2.45) is 5.73 Å². The molecule has 0 unspecified atom stereocenters. The van der Waals surface area contributed by atoms with E-state index >= 15 is 0 Å². The fraction of sp³-hybridized carbons (Fsp3) is 0.0769. The van der Waals surface area contributed by atoms with E-state index in [9.17, 15) is 12.8 Å². The third kappa shape index (κ3) is 3.85. The first kappa shape index (κ1) is 16.5. The molecule has 0 saturated heterocycles. The van der Waals surface area contributed by atoms with Gasteiger partial charge in [0.05, 0.1) is 0 Å². The molecule has 2 aromatic carbocycles. The van der Waals surface area contributed by atoms with Crippen LogP contribution in [-0.4, -0.2) is 8.42 Å². The van der Waals surface area contributed by atoms with Gasteiger partial charge in [-0.05, 0) is 52.9 Å². The van der Waals surface area contributed by atoms with Gasteiger partial charge in [0, 0.05) is 26.4 Å². The van der Waals surface area contributed by atoms with E-state index in [0.29, 0.717) is 5.69 Å². The molecule has 0 amide bonds. The van der Waals surface area contributed by atoms with Gasteiger partial charge in [0.15, 0.2) is 0 Å². The Morgan fingerprint density at radius 1 is 1.29 bits per heavy atom. The first-order valence-electron chi connectivity index (χ1n) is 5.80. The smallest absolute Gasteiger partial charge is 0.264 e. The molecule has 2 rings (SSSR count). The van der Waals surface area contributed by atoms with E-state index in [4.69, 9.17) is 17.3 Å². The highest BCUT2D eigenvalue weighted by Gasteiger charge is 2.22. The molecule has 21 heavy (non-hydrogen) atoms. The van der Waals surface area contributed by atoms with Gasteiger partial charge in [-0.3, -0.25) is 4.72 Å². The van der Waals surface area contributed by atoms with Crippen LogP contribution in [0.3, 0.4) is 0 Å².